The molecule has 0 saturated heterocycles. The lowest BCUT2D eigenvalue weighted by Gasteiger charge is -2.20. The van der Waals surface area contributed by atoms with Crippen LogP contribution in [0.3, 0.4) is 0 Å². The van der Waals surface area contributed by atoms with Crippen molar-refractivity contribution in [2.45, 2.75) is 45.5 Å². The Labute approximate surface area is 122 Å². The van der Waals surface area contributed by atoms with Crippen LogP contribution in [0.25, 0.3) is 0 Å². The first-order chi connectivity index (χ1) is 9.73. The Bertz CT molecular complexity index is 457. The van der Waals surface area contributed by atoms with Crippen LogP contribution in [0.5, 0.6) is 0 Å². The van der Waals surface area contributed by atoms with Gasteiger partial charge in [0.1, 0.15) is 6.54 Å². The quantitative estimate of drug-likeness (QED) is 0.848. The normalized spacial score (nSPS) is 14.6. The maximum Gasteiger partial charge on any atom is 0.405 e. The van der Waals surface area contributed by atoms with E-state index in [1.54, 1.807) is 6.92 Å². The number of amides is 1. The van der Waals surface area contributed by atoms with Crippen LogP contribution in [0.15, 0.2) is 24.3 Å². The van der Waals surface area contributed by atoms with Gasteiger partial charge in [0.05, 0.1) is 6.04 Å². The smallest absolute Gasteiger partial charge is 0.346 e. The third kappa shape index (κ3) is 6.16. The van der Waals surface area contributed by atoms with E-state index in [9.17, 15) is 18.0 Å². The molecule has 0 heterocycles. The molecule has 0 aliphatic rings. The lowest BCUT2D eigenvalue weighted by Crippen LogP contribution is -2.45. The summed E-state index contributed by atoms with van der Waals surface area (Å²) in [4.78, 5) is 11.6. The van der Waals surface area contributed by atoms with E-state index in [0.717, 1.165) is 12.0 Å². The fraction of sp³-hybridized carbons (Fsp3) is 0.533. The molecule has 0 aliphatic carbocycles. The molecule has 0 bridgehead atoms. The second-order valence-electron chi connectivity index (χ2n) is 5.04. The van der Waals surface area contributed by atoms with Gasteiger partial charge < -0.3 is 5.32 Å². The Morgan fingerprint density at radius 1 is 1.19 bits per heavy atom. The van der Waals surface area contributed by atoms with Gasteiger partial charge in [-0.2, -0.15) is 13.2 Å². The third-order valence-corrected chi connectivity index (χ3v) is 3.24. The highest BCUT2D eigenvalue weighted by Crippen LogP contribution is 2.15. The highest BCUT2D eigenvalue weighted by atomic mass is 19.4. The summed E-state index contributed by atoms with van der Waals surface area (Å²) < 4.78 is 36.1. The van der Waals surface area contributed by atoms with Crippen LogP contribution in [0.4, 0.5) is 13.2 Å². The van der Waals surface area contributed by atoms with Gasteiger partial charge in [0.25, 0.3) is 0 Å². The molecule has 2 N–H and O–H groups in total. The number of halogens is 3. The predicted molar refractivity (Wildman–Crippen MR) is 75.9 cm³/mol. The second kappa shape index (κ2) is 7.45. The average Bonchev–Trinajstić information content (AvgIpc) is 2.43. The number of nitrogens with one attached hydrogen (secondary N) is 2. The summed E-state index contributed by atoms with van der Waals surface area (Å²) in [7, 11) is 0. The molecule has 2 atom stereocenters. The maximum atomic E-state index is 12.0. The number of aryl methyl sites for hydroxylation is 1. The van der Waals surface area contributed by atoms with Crippen molar-refractivity contribution in [1.82, 2.24) is 10.6 Å². The zero-order valence-electron chi connectivity index (χ0n) is 12.4. The molecule has 1 rings (SSSR count). The molecule has 2 unspecified atom stereocenters. The molecule has 0 radical (unpaired) electrons. The molecule has 1 aromatic carbocycles. The van der Waals surface area contributed by atoms with E-state index in [2.05, 4.69) is 12.2 Å². The molecule has 3 nitrogen and oxygen atoms in total. The van der Waals surface area contributed by atoms with Gasteiger partial charge in [0, 0.05) is 6.04 Å². The van der Waals surface area contributed by atoms with E-state index < -0.39 is 24.7 Å². The first kappa shape index (κ1) is 17.5. The number of hydrogen-bond donors (Lipinski definition) is 2. The lowest BCUT2D eigenvalue weighted by molar-refractivity contribution is -0.139. The largest absolute Gasteiger partial charge is 0.405 e. The SMILES string of the molecule is CCc1ccc(C(C)NC(C)C(=O)NCC(F)(F)F)cc1. The van der Waals surface area contributed by atoms with Crippen molar-refractivity contribution in [3.05, 3.63) is 35.4 Å². The molecule has 21 heavy (non-hydrogen) atoms. The van der Waals surface area contributed by atoms with Gasteiger partial charge in [-0.05, 0) is 31.4 Å². The summed E-state index contributed by atoms with van der Waals surface area (Å²) in [6, 6.07) is 7.09. The van der Waals surface area contributed by atoms with Crippen LogP contribution in [-0.4, -0.2) is 24.7 Å². The molecule has 118 valence electrons. The Kier molecular flexibility index (Phi) is 6.20. The summed E-state index contributed by atoms with van der Waals surface area (Å²) >= 11 is 0. The fourth-order valence-corrected chi connectivity index (χ4v) is 1.93. The summed E-state index contributed by atoms with van der Waals surface area (Å²) in [6.07, 6.45) is -3.45. The van der Waals surface area contributed by atoms with E-state index in [-0.39, 0.29) is 6.04 Å². The first-order valence-corrected chi connectivity index (χ1v) is 6.92. The summed E-state index contributed by atoms with van der Waals surface area (Å²) in [5.74, 6) is -0.663. The maximum absolute atomic E-state index is 12.0. The number of rotatable bonds is 6. The van der Waals surface area contributed by atoms with Crippen LogP contribution in [0.1, 0.15) is 37.9 Å². The van der Waals surface area contributed by atoms with Crippen molar-refractivity contribution in [2.75, 3.05) is 6.54 Å². The van der Waals surface area contributed by atoms with Gasteiger partial charge >= 0.3 is 6.18 Å². The molecule has 0 saturated carbocycles. The predicted octanol–water partition coefficient (Wildman–Crippen LogP) is 2.97. The molecule has 0 fully saturated rings. The molecule has 0 spiro atoms. The van der Waals surface area contributed by atoms with Crippen LogP contribution >= 0.6 is 0 Å². The summed E-state index contributed by atoms with van der Waals surface area (Å²) in [6.45, 7) is 4.16. The monoisotopic (exact) mass is 302 g/mol. The minimum atomic E-state index is -4.39. The van der Waals surface area contributed by atoms with E-state index >= 15 is 0 Å². The van der Waals surface area contributed by atoms with Crippen LogP contribution in [-0.2, 0) is 11.2 Å². The number of alkyl halides is 3. The van der Waals surface area contributed by atoms with Crippen molar-refractivity contribution in [3.8, 4) is 0 Å². The van der Waals surface area contributed by atoms with Gasteiger partial charge in [-0.3, -0.25) is 10.1 Å². The molecule has 0 aliphatic heterocycles. The molecule has 0 aromatic heterocycles. The Balaban J connectivity index is 2.52. The zero-order valence-corrected chi connectivity index (χ0v) is 12.4. The second-order valence-corrected chi connectivity index (χ2v) is 5.04. The molecular formula is C15H21F3N2O. The number of carbonyl (C=O) groups is 1. The molecule has 1 amide bonds. The Hall–Kier alpha value is -1.56. The standard InChI is InChI=1S/C15H21F3N2O/c1-4-12-5-7-13(8-6-12)10(2)20-11(3)14(21)19-9-15(16,17)18/h5-8,10-11,20H,4,9H2,1-3H3,(H,19,21). The van der Waals surface area contributed by atoms with Gasteiger partial charge in [-0.1, -0.05) is 31.2 Å². The topological polar surface area (TPSA) is 41.1 Å². The van der Waals surface area contributed by atoms with Crippen molar-refractivity contribution >= 4 is 5.91 Å². The van der Waals surface area contributed by atoms with Crippen LogP contribution in [0.2, 0.25) is 0 Å². The number of carbonyl (C=O) groups excluding carboxylic acids is 1. The highest BCUT2D eigenvalue weighted by Gasteiger charge is 2.28. The van der Waals surface area contributed by atoms with E-state index in [1.807, 2.05) is 36.5 Å². The van der Waals surface area contributed by atoms with Crippen LogP contribution in [0, 0.1) is 0 Å². The fourth-order valence-electron chi connectivity index (χ4n) is 1.93. The zero-order chi connectivity index (χ0) is 16.0. The van der Waals surface area contributed by atoms with Crippen molar-refractivity contribution in [3.63, 3.8) is 0 Å². The van der Waals surface area contributed by atoms with Gasteiger partial charge in [0.2, 0.25) is 5.91 Å². The minimum Gasteiger partial charge on any atom is -0.346 e. The summed E-state index contributed by atoms with van der Waals surface area (Å²) in [5, 5.41) is 4.86. The minimum absolute atomic E-state index is 0.123. The van der Waals surface area contributed by atoms with Gasteiger partial charge in [-0.15, -0.1) is 0 Å². The summed E-state index contributed by atoms with van der Waals surface area (Å²) in [5.41, 5.74) is 2.20. The van der Waals surface area contributed by atoms with E-state index in [0.29, 0.717) is 0 Å². The number of benzene rings is 1. The van der Waals surface area contributed by atoms with Crippen LogP contribution < -0.4 is 10.6 Å². The first-order valence-electron chi connectivity index (χ1n) is 6.92. The third-order valence-electron chi connectivity index (χ3n) is 3.24. The lowest BCUT2D eigenvalue weighted by atomic mass is 10.0. The van der Waals surface area contributed by atoms with Crippen molar-refractivity contribution in [1.29, 1.82) is 0 Å². The number of hydrogen-bond acceptors (Lipinski definition) is 2. The van der Waals surface area contributed by atoms with E-state index in [1.165, 1.54) is 5.56 Å². The van der Waals surface area contributed by atoms with Crippen molar-refractivity contribution in [2.24, 2.45) is 0 Å². The van der Waals surface area contributed by atoms with Gasteiger partial charge in [-0.25, -0.2) is 0 Å². The molecular weight excluding hydrogens is 281 g/mol. The van der Waals surface area contributed by atoms with Gasteiger partial charge in [0.15, 0.2) is 0 Å². The molecule has 1 aromatic rings. The van der Waals surface area contributed by atoms with E-state index in [4.69, 9.17) is 0 Å². The molecule has 6 heteroatoms. The van der Waals surface area contributed by atoms with Crippen molar-refractivity contribution < 1.29 is 18.0 Å². The Morgan fingerprint density at radius 2 is 1.76 bits per heavy atom. The Morgan fingerprint density at radius 3 is 2.24 bits per heavy atom. The average molecular weight is 302 g/mol. The highest BCUT2D eigenvalue weighted by molar-refractivity contribution is 5.81.